The number of aliphatic hydroxyl groups excluding tert-OH is 1. The van der Waals surface area contributed by atoms with Crippen LogP contribution in [0.15, 0.2) is 12.1 Å². The third-order valence-corrected chi connectivity index (χ3v) is 7.19. The van der Waals surface area contributed by atoms with Crippen molar-refractivity contribution in [3.8, 4) is 11.4 Å². The van der Waals surface area contributed by atoms with Crippen LogP contribution in [0.2, 0.25) is 0 Å². The fourth-order valence-corrected chi connectivity index (χ4v) is 5.59. The van der Waals surface area contributed by atoms with Gasteiger partial charge in [-0.15, -0.1) is 0 Å². The number of nitrogens with zero attached hydrogens (tertiary/aromatic N) is 2. The highest BCUT2D eigenvalue weighted by Gasteiger charge is 2.37. The van der Waals surface area contributed by atoms with Crippen LogP contribution in [0, 0.1) is 5.41 Å². The molecule has 1 fully saturated rings. The van der Waals surface area contributed by atoms with E-state index in [1.807, 2.05) is 13.8 Å². The van der Waals surface area contributed by atoms with E-state index in [0.29, 0.717) is 55.5 Å². The molecule has 1 saturated carbocycles. The fraction of sp³-hybridized carbons (Fsp3) is 0.542. The van der Waals surface area contributed by atoms with E-state index in [1.165, 1.54) is 16.8 Å². The molecule has 0 saturated heterocycles. The van der Waals surface area contributed by atoms with Crippen LogP contribution in [-0.2, 0) is 23.1 Å². The zero-order valence-corrected chi connectivity index (χ0v) is 21.5. The van der Waals surface area contributed by atoms with E-state index in [0.717, 1.165) is 6.26 Å². The number of amides is 1. The maximum atomic E-state index is 13.0. The van der Waals surface area contributed by atoms with E-state index < -0.39 is 22.1 Å². The number of ketones is 1. The third kappa shape index (κ3) is 5.25. The number of hydrogen-bond donors (Lipinski definition) is 4. The minimum absolute atomic E-state index is 0.0264. The van der Waals surface area contributed by atoms with Gasteiger partial charge in [0.25, 0.3) is 5.91 Å². The van der Waals surface area contributed by atoms with Gasteiger partial charge in [0.15, 0.2) is 11.5 Å². The molecule has 0 aliphatic heterocycles. The van der Waals surface area contributed by atoms with Gasteiger partial charge < -0.3 is 26.1 Å². The number of anilines is 1. The molecular weight excluding hydrogens is 486 g/mol. The summed E-state index contributed by atoms with van der Waals surface area (Å²) >= 11 is 0. The van der Waals surface area contributed by atoms with Crippen LogP contribution >= 0.6 is 0 Å². The first-order chi connectivity index (χ1) is 16.8. The molecule has 6 N–H and O–H groups in total. The van der Waals surface area contributed by atoms with E-state index in [-0.39, 0.29) is 46.5 Å². The number of carbonyl (C=O) groups is 2. The van der Waals surface area contributed by atoms with Gasteiger partial charge in [-0.05, 0) is 49.7 Å². The minimum Gasteiger partial charge on any atom is -0.393 e. The normalized spacial score (nSPS) is 21.6. The molecule has 2 aromatic rings. The van der Waals surface area contributed by atoms with Crippen molar-refractivity contribution in [2.24, 2.45) is 16.9 Å². The molecule has 4 rings (SSSR count). The molecule has 11 nitrogen and oxygen atoms in total. The van der Waals surface area contributed by atoms with Crippen LogP contribution < -0.4 is 21.0 Å². The summed E-state index contributed by atoms with van der Waals surface area (Å²) in [6, 6.07) is 2.85. The predicted molar refractivity (Wildman–Crippen MR) is 134 cm³/mol. The maximum absolute atomic E-state index is 13.0. The summed E-state index contributed by atoms with van der Waals surface area (Å²) in [5, 5.41) is 17.7. The molecule has 1 heterocycles. The number of nitrogens with one attached hydrogen (secondary N) is 1. The van der Waals surface area contributed by atoms with Gasteiger partial charge >= 0.3 is 10.1 Å². The number of aliphatic hydroxyl groups is 1. The van der Waals surface area contributed by atoms with E-state index >= 15 is 0 Å². The maximum Gasteiger partial charge on any atom is 0.306 e. The lowest BCUT2D eigenvalue weighted by molar-refractivity contribution is 0.0909. The standard InChI is InChI=1S/C24H33N5O6S/c1-24(2)10-18-20(19(31)11-24)16(12-25)28-29(18)17-9-8-15(23(26)32)21(22(17)35-36(3,33)34)27-13-4-6-14(30)7-5-13/h8-9,13-14,27,30H,4-7,10-12,25H2,1-3H3,(H2,26,32). The van der Waals surface area contributed by atoms with Crippen molar-refractivity contribution in [1.29, 1.82) is 0 Å². The number of carbonyl (C=O) groups excluding carboxylic acids is 2. The zero-order valence-electron chi connectivity index (χ0n) is 20.7. The van der Waals surface area contributed by atoms with E-state index in [4.69, 9.17) is 15.7 Å². The Hall–Kier alpha value is -2.96. The largest absolute Gasteiger partial charge is 0.393 e. The van der Waals surface area contributed by atoms with Crippen molar-refractivity contribution < 1.29 is 27.3 Å². The van der Waals surface area contributed by atoms with Gasteiger partial charge in [0.2, 0.25) is 0 Å². The number of hydrogen-bond acceptors (Lipinski definition) is 9. The fourth-order valence-electron chi connectivity index (χ4n) is 5.12. The van der Waals surface area contributed by atoms with Crippen LogP contribution in [0.3, 0.4) is 0 Å². The first kappa shape index (κ1) is 26.1. The lowest BCUT2D eigenvalue weighted by Crippen LogP contribution is -2.30. The molecule has 36 heavy (non-hydrogen) atoms. The topological polar surface area (TPSA) is 180 Å². The molecule has 0 radical (unpaired) electrons. The molecule has 0 atom stereocenters. The van der Waals surface area contributed by atoms with E-state index in [1.54, 1.807) is 0 Å². The van der Waals surface area contributed by atoms with Gasteiger partial charge in [-0.1, -0.05) is 13.8 Å². The van der Waals surface area contributed by atoms with Gasteiger partial charge in [-0.25, -0.2) is 4.68 Å². The van der Waals surface area contributed by atoms with Crippen molar-refractivity contribution >= 4 is 27.5 Å². The average molecular weight is 520 g/mol. The monoisotopic (exact) mass is 519 g/mol. The zero-order chi connectivity index (χ0) is 26.4. The Balaban J connectivity index is 1.95. The molecule has 1 aromatic carbocycles. The van der Waals surface area contributed by atoms with E-state index in [9.17, 15) is 23.1 Å². The number of primary amides is 1. The predicted octanol–water partition coefficient (Wildman–Crippen LogP) is 1.64. The Kier molecular flexibility index (Phi) is 6.88. The summed E-state index contributed by atoms with van der Waals surface area (Å²) < 4.78 is 31.7. The van der Waals surface area contributed by atoms with Crippen LogP contribution in [0.25, 0.3) is 5.69 Å². The average Bonchev–Trinajstić information content (AvgIpc) is 3.12. The van der Waals surface area contributed by atoms with Crippen LogP contribution in [0.5, 0.6) is 5.75 Å². The Morgan fingerprint density at radius 1 is 1.25 bits per heavy atom. The Morgan fingerprint density at radius 2 is 1.92 bits per heavy atom. The molecule has 0 bridgehead atoms. The highest BCUT2D eigenvalue weighted by molar-refractivity contribution is 7.86. The van der Waals surface area contributed by atoms with Crippen molar-refractivity contribution in [2.45, 2.75) is 71.1 Å². The quantitative estimate of drug-likeness (QED) is 0.395. The number of fused-ring (bicyclic) bond motifs is 1. The minimum atomic E-state index is -4.04. The Morgan fingerprint density at radius 3 is 2.50 bits per heavy atom. The molecular formula is C24H33N5O6S. The first-order valence-corrected chi connectivity index (χ1v) is 13.8. The van der Waals surface area contributed by atoms with Crippen LogP contribution in [-0.4, -0.2) is 53.4 Å². The van der Waals surface area contributed by atoms with Crippen molar-refractivity contribution in [2.75, 3.05) is 11.6 Å². The Bertz CT molecular complexity index is 1310. The number of Topliss-reactive ketones (excluding diaryl/α,β-unsaturated/α-hetero) is 1. The van der Waals surface area contributed by atoms with Crippen LogP contribution in [0.1, 0.15) is 78.1 Å². The van der Waals surface area contributed by atoms with Gasteiger partial charge in [0, 0.05) is 19.0 Å². The van der Waals surface area contributed by atoms with Gasteiger partial charge in [-0.2, -0.15) is 13.5 Å². The second kappa shape index (κ2) is 9.49. The molecule has 196 valence electrons. The molecule has 2 aliphatic rings. The number of rotatable bonds is 7. The first-order valence-electron chi connectivity index (χ1n) is 11.9. The molecule has 12 heteroatoms. The molecule has 0 spiro atoms. The van der Waals surface area contributed by atoms with Crippen LogP contribution in [0.4, 0.5) is 5.69 Å². The second-order valence-electron chi connectivity index (χ2n) is 10.5. The number of benzene rings is 1. The summed E-state index contributed by atoms with van der Waals surface area (Å²) in [5.74, 6) is -0.976. The lowest BCUT2D eigenvalue weighted by Gasteiger charge is -2.30. The Labute approximate surface area is 210 Å². The molecule has 1 aromatic heterocycles. The summed E-state index contributed by atoms with van der Waals surface area (Å²) in [5.41, 5.74) is 13.1. The highest BCUT2D eigenvalue weighted by atomic mass is 32.2. The van der Waals surface area contributed by atoms with Crippen molar-refractivity contribution in [1.82, 2.24) is 9.78 Å². The summed E-state index contributed by atoms with van der Waals surface area (Å²) in [4.78, 5) is 25.4. The summed E-state index contributed by atoms with van der Waals surface area (Å²) in [7, 11) is -4.04. The summed E-state index contributed by atoms with van der Waals surface area (Å²) in [6.07, 6.45) is 3.70. The number of nitrogens with two attached hydrogens (primary N) is 2. The highest BCUT2D eigenvalue weighted by Crippen LogP contribution is 2.42. The molecule has 0 unspecified atom stereocenters. The van der Waals surface area contributed by atoms with E-state index in [2.05, 4.69) is 10.4 Å². The van der Waals surface area contributed by atoms with Gasteiger partial charge in [0.1, 0.15) is 5.69 Å². The number of aromatic nitrogens is 2. The summed E-state index contributed by atoms with van der Waals surface area (Å²) in [6.45, 7) is 3.97. The SMILES string of the molecule is CC1(C)CC(=O)c2c(CN)nn(-c3ccc(C(N)=O)c(NC4CCC(O)CC4)c3OS(C)(=O)=O)c2C1. The smallest absolute Gasteiger partial charge is 0.306 e. The lowest BCUT2D eigenvalue weighted by atomic mass is 9.75. The van der Waals surface area contributed by atoms with Gasteiger partial charge in [-0.3, -0.25) is 9.59 Å². The third-order valence-electron chi connectivity index (χ3n) is 6.72. The second-order valence-corrected chi connectivity index (χ2v) is 12.0. The van der Waals surface area contributed by atoms with Gasteiger partial charge in [0.05, 0.1) is 40.6 Å². The van der Waals surface area contributed by atoms with Crippen molar-refractivity contribution in [3.63, 3.8) is 0 Å². The molecule has 2 aliphatic carbocycles. The van der Waals surface area contributed by atoms with Crippen molar-refractivity contribution in [3.05, 3.63) is 34.6 Å². The molecule has 1 amide bonds.